The zero-order chi connectivity index (χ0) is 15.3. The lowest BCUT2D eigenvalue weighted by Crippen LogP contribution is -2.67. The molecule has 2 fully saturated rings. The van der Waals surface area contributed by atoms with E-state index in [2.05, 4.69) is 15.3 Å². The van der Waals surface area contributed by atoms with Crippen LogP contribution in [0.4, 0.5) is 5.82 Å². The molecule has 2 atom stereocenters. The van der Waals surface area contributed by atoms with E-state index in [1.165, 1.54) is 0 Å². The lowest BCUT2D eigenvalue weighted by molar-refractivity contribution is -0.123. The van der Waals surface area contributed by atoms with Gasteiger partial charge in [-0.15, -0.1) is 0 Å². The molecule has 7 nitrogen and oxygen atoms in total. The van der Waals surface area contributed by atoms with Crippen LogP contribution in [0.3, 0.4) is 0 Å². The first-order chi connectivity index (χ1) is 10.6. The molecular formula is C14H16N4O3S. The molecule has 2 unspecified atom stereocenters. The number of hydrogen-bond donors (Lipinski definition) is 2. The summed E-state index contributed by atoms with van der Waals surface area (Å²) in [5.41, 5.74) is 0.632. The predicted molar refractivity (Wildman–Crippen MR) is 80.6 cm³/mol. The Morgan fingerprint density at radius 2 is 2.18 bits per heavy atom. The summed E-state index contributed by atoms with van der Waals surface area (Å²) in [6, 6.07) is -0.408. The monoisotopic (exact) mass is 320 g/mol. The third kappa shape index (κ3) is 1.90. The normalized spacial score (nSPS) is 26.5. The lowest BCUT2D eigenvalue weighted by atomic mass is 9.87. The van der Waals surface area contributed by atoms with Crippen molar-refractivity contribution in [3.8, 4) is 0 Å². The van der Waals surface area contributed by atoms with Crippen molar-refractivity contribution in [3.63, 3.8) is 0 Å². The van der Waals surface area contributed by atoms with Gasteiger partial charge in [-0.25, -0.2) is 14.2 Å². The molecule has 0 aromatic carbocycles. The van der Waals surface area contributed by atoms with Gasteiger partial charge in [0, 0.05) is 18.3 Å². The molecule has 3 heterocycles. The highest BCUT2D eigenvalue weighted by Crippen LogP contribution is 2.43. The van der Waals surface area contributed by atoms with Crippen molar-refractivity contribution in [2.24, 2.45) is 0 Å². The second kappa shape index (κ2) is 4.85. The fourth-order valence-corrected chi connectivity index (χ4v) is 4.10. The highest BCUT2D eigenvalue weighted by Gasteiger charge is 2.49. The van der Waals surface area contributed by atoms with Gasteiger partial charge in [0.25, 0.3) is 0 Å². The molecule has 116 valence electrons. The SMILES string of the molecule is O=C1NCC2(CCCC2)N2c3nc(S(=O)O)ncc3C=CC12. The van der Waals surface area contributed by atoms with Gasteiger partial charge in [-0.3, -0.25) is 9.35 Å². The summed E-state index contributed by atoms with van der Waals surface area (Å²) in [6.07, 6.45) is 9.42. The zero-order valence-electron chi connectivity index (χ0n) is 11.9. The molecule has 4 rings (SSSR count). The number of nitrogens with one attached hydrogen (secondary N) is 1. The summed E-state index contributed by atoms with van der Waals surface area (Å²) in [5.74, 6) is 0.543. The van der Waals surface area contributed by atoms with Gasteiger partial charge in [-0.05, 0) is 12.8 Å². The molecule has 1 saturated carbocycles. The molecule has 3 aliphatic rings. The average molecular weight is 320 g/mol. The topological polar surface area (TPSA) is 95.4 Å². The molecule has 0 bridgehead atoms. The fraction of sp³-hybridized carbons (Fsp3) is 0.500. The summed E-state index contributed by atoms with van der Waals surface area (Å²) < 4.78 is 20.6. The van der Waals surface area contributed by atoms with E-state index in [1.54, 1.807) is 6.20 Å². The molecule has 2 N–H and O–H groups in total. The van der Waals surface area contributed by atoms with Crippen LogP contribution in [0.15, 0.2) is 17.4 Å². The van der Waals surface area contributed by atoms with Crippen LogP contribution >= 0.6 is 0 Å². The number of rotatable bonds is 1. The van der Waals surface area contributed by atoms with Crippen molar-refractivity contribution in [3.05, 3.63) is 17.8 Å². The quantitative estimate of drug-likeness (QED) is 0.584. The first-order valence-corrected chi connectivity index (χ1v) is 8.45. The third-order valence-electron chi connectivity index (χ3n) is 4.80. The van der Waals surface area contributed by atoms with Crippen LogP contribution in [0.2, 0.25) is 0 Å². The summed E-state index contributed by atoms with van der Waals surface area (Å²) in [5, 5.41) is 2.88. The third-order valence-corrected chi connectivity index (χ3v) is 5.31. The maximum absolute atomic E-state index is 12.2. The number of amides is 1. The number of fused-ring (bicyclic) bond motifs is 4. The number of aromatic nitrogens is 2. The van der Waals surface area contributed by atoms with Crippen molar-refractivity contribution >= 4 is 28.9 Å². The Labute approximate surface area is 130 Å². The van der Waals surface area contributed by atoms with Gasteiger partial charge in [0.1, 0.15) is 11.9 Å². The summed E-state index contributed by atoms with van der Waals surface area (Å²) in [4.78, 5) is 22.5. The number of carbonyl (C=O) groups excluding carboxylic acids is 1. The first-order valence-electron chi connectivity index (χ1n) is 7.34. The van der Waals surface area contributed by atoms with E-state index >= 15 is 0 Å². The second-order valence-electron chi connectivity index (χ2n) is 6.00. The minimum atomic E-state index is -2.23. The van der Waals surface area contributed by atoms with Crippen LogP contribution in [0.5, 0.6) is 0 Å². The van der Waals surface area contributed by atoms with Crippen LogP contribution in [-0.2, 0) is 15.9 Å². The van der Waals surface area contributed by atoms with Crippen molar-refractivity contribution in [2.75, 3.05) is 11.4 Å². The number of anilines is 1. The highest BCUT2D eigenvalue weighted by atomic mass is 32.2. The Morgan fingerprint density at radius 1 is 1.41 bits per heavy atom. The first kappa shape index (κ1) is 13.8. The van der Waals surface area contributed by atoms with Gasteiger partial charge in [0.2, 0.25) is 22.1 Å². The largest absolute Gasteiger partial charge is 0.352 e. The molecule has 1 aromatic rings. The number of piperazine rings is 1. The average Bonchev–Trinajstić information content (AvgIpc) is 2.99. The standard InChI is InChI=1S/C14H16N4O3S/c19-12-10-4-3-9-7-15-13(22(20)21)17-11(9)18(10)14(8-16-12)5-1-2-6-14/h3-4,7,10H,1-2,5-6,8H2,(H,16,19)(H,20,21). The predicted octanol–water partition coefficient (Wildman–Crippen LogP) is 0.702. The maximum Gasteiger partial charge on any atom is 0.248 e. The van der Waals surface area contributed by atoms with Gasteiger partial charge in [0.15, 0.2) is 0 Å². The Hall–Kier alpha value is -1.80. The molecule has 1 aliphatic carbocycles. The highest BCUT2D eigenvalue weighted by molar-refractivity contribution is 7.79. The molecule has 0 radical (unpaired) electrons. The van der Waals surface area contributed by atoms with E-state index in [1.807, 2.05) is 17.1 Å². The van der Waals surface area contributed by atoms with Gasteiger partial charge < -0.3 is 10.2 Å². The van der Waals surface area contributed by atoms with E-state index in [4.69, 9.17) is 0 Å². The molecule has 1 saturated heterocycles. The van der Waals surface area contributed by atoms with Crippen LogP contribution in [0, 0.1) is 0 Å². The van der Waals surface area contributed by atoms with Crippen LogP contribution < -0.4 is 10.2 Å². The number of hydrogen-bond acceptors (Lipinski definition) is 5. The molecule has 22 heavy (non-hydrogen) atoms. The van der Waals surface area contributed by atoms with Crippen LogP contribution in [0.25, 0.3) is 6.08 Å². The van der Waals surface area contributed by atoms with Gasteiger partial charge in [-0.2, -0.15) is 0 Å². The molecule has 1 aromatic heterocycles. The van der Waals surface area contributed by atoms with Gasteiger partial charge in [-0.1, -0.05) is 25.0 Å². The van der Waals surface area contributed by atoms with Gasteiger partial charge >= 0.3 is 0 Å². The van der Waals surface area contributed by atoms with Crippen LogP contribution in [0.1, 0.15) is 31.2 Å². The van der Waals surface area contributed by atoms with E-state index in [0.29, 0.717) is 12.4 Å². The molecule has 2 aliphatic heterocycles. The van der Waals surface area contributed by atoms with Crippen molar-refractivity contribution < 1.29 is 13.6 Å². The zero-order valence-corrected chi connectivity index (χ0v) is 12.7. The van der Waals surface area contributed by atoms with Crippen LogP contribution in [-0.4, -0.2) is 42.8 Å². The fourth-order valence-electron chi connectivity index (χ4n) is 3.79. The van der Waals surface area contributed by atoms with Gasteiger partial charge in [0.05, 0.1) is 5.54 Å². The molecule has 1 spiro atoms. The molecule has 1 amide bonds. The molecular weight excluding hydrogens is 304 g/mol. The minimum Gasteiger partial charge on any atom is -0.352 e. The minimum absolute atomic E-state index is 0.0512. The van der Waals surface area contributed by atoms with E-state index in [-0.39, 0.29) is 16.6 Å². The Kier molecular flexibility index (Phi) is 3.05. The lowest BCUT2D eigenvalue weighted by Gasteiger charge is -2.50. The number of nitrogens with zero attached hydrogens (tertiary/aromatic N) is 3. The number of carbonyl (C=O) groups is 1. The maximum atomic E-state index is 12.2. The van der Waals surface area contributed by atoms with E-state index in [9.17, 15) is 13.6 Å². The Balaban J connectivity index is 1.88. The second-order valence-corrected chi connectivity index (χ2v) is 6.87. The smallest absolute Gasteiger partial charge is 0.248 e. The summed E-state index contributed by atoms with van der Waals surface area (Å²) in [6.45, 7) is 0.594. The Bertz CT molecular complexity index is 699. The van der Waals surface area contributed by atoms with Crippen molar-refractivity contribution in [2.45, 2.75) is 42.4 Å². The van der Waals surface area contributed by atoms with Crippen molar-refractivity contribution in [1.29, 1.82) is 0 Å². The summed E-state index contributed by atoms with van der Waals surface area (Å²) in [7, 11) is 0. The molecule has 8 heteroatoms. The Morgan fingerprint density at radius 3 is 2.91 bits per heavy atom. The van der Waals surface area contributed by atoms with Crippen molar-refractivity contribution in [1.82, 2.24) is 15.3 Å². The van der Waals surface area contributed by atoms with E-state index in [0.717, 1.165) is 31.2 Å². The van der Waals surface area contributed by atoms with E-state index < -0.39 is 17.1 Å². The summed E-state index contributed by atoms with van der Waals surface area (Å²) >= 11 is -2.23.